The number of ether oxygens (including phenoxy) is 1. The summed E-state index contributed by atoms with van der Waals surface area (Å²) < 4.78 is 16.7. The molecule has 0 aromatic carbocycles. The summed E-state index contributed by atoms with van der Waals surface area (Å²) in [4.78, 5) is 16.0. The van der Waals surface area contributed by atoms with Crippen molar-refractivity contribution in [3.05, 3.63) is 11.5 Å². The number of aliphatic hydroxyl groups excluding tert-OH is 1. The standard InChI is InChI=1S/C10H19BN5O5P/c11-22(18)19-1-4-7(21-22)6(17)10(20-4)16-3-15-5-8(12)13-2-14-9(5)16/h2,4,6-8,10,15,17-18,22H,1,3,11-12H2,(H,13,14)/t4?,6?,7-,8?,10?/m1/s1. The molecule has 122 valence electrons. The Labute approximate surface area is 128 Å². The fourth-order valence-electron chi connectivity index (χ4n) is 3.12. The molecular formula is C10H19BN5O5P. The van der Waals surface area contributed by atoms with Gasteiger partial charge in [-0.25, -0.2) is 0 Å². The Morgan fingerprint density at radius 1 is 1.55 bits per heavy atom. The second-order valence-electron chi connectivity index (χ2n) is 5.79. The molecule has 10 nitrogen and oxygen atoms in total. The van der Waals surface area contributed by atoms with Crippen molar-refractivity contribution < 1.29 is 23.8 Å². The molecule has 2 fully saturated rings. The van der Waals surface area contributed by atoms with Crippen LogP contribution in [0, 0.1) is 0 Å². The monoisotopic (exact) mass is 331 g/mol. The maximum atomic E-state index is 10.5. The van der Waals surface area contributed by atoms with Crippen LogP contribution in [0.15, 0.2) is 16.5 Å². The average Bonchev–Trinajstić information content (AvgIpc) is 3.01. The summed E-state index contributed by atoms with van der Waals surface area (Å²) in [6, 6.07) is 0. The first-order valence-corrected chi connectivity index (χ1v) is 9.39. The van der Waals surface area contributed by atoms with Crippen molar-refractivity contribution in [2.24, 2.45) is 10.7 Å². The van der Waals surface area contributed by atoms with Crippen molar-refractivity contribution in [3.63, 3.8) is 0 Å². The van der Waals surface area contributed by atoms with Crippen LogP contribution in [0.4, 0.5) is 0 Å². The van der Waals surface area contributed by atoms with Gasteiger partial charge in [0.2, 0.25) is 0 Å². The topological polar surface area (TPSA) is 134 Å². The van der Waals surface area contributed by atoms with Crippen LogP contribution < -0.4 is 16.4 Å². The molecule has 0 aromatic heterocycles. The normalized spacial score (nSPS) is 44.1. The van der Waals surface area contributed by atoms with E-state index in [-0.39, 0.29) is 12.8 Å². The zero-order chi connectivity index (χ0) is 15.5. The molecule has 0 saturated carbocycles. The molecule has 12 heteroatoms. The van der Waals surface area contributed by atoms with E-state index < -0.39 is 32.4 Å². The van der Waals surface area contributed by atoms with Gasteiger partial charge in [-0.3, -0.25) is 0 Å². The number of aliphatic hydroxyl groups is 1. The van der Waals surface area contributed by atoms with Crippen LogP contribution in [-0.2, 0) is 13.8 Å². The summed E-state index contributed by atoms with van der Waals surface area (Å²) in [6.45, 7) is 0.627. The van der Waals surface area contributed by atoms with Crippen LogP contribution >= 0.6 is 7.82 Å². The first-order valence-electron chi connectivity index (χ1n) is 7.13. The summed E-state index contributed by atoms with van der Waals surface area (Å²) in [5.74, 6) is 0.638. The van der Waals surface area contributed by atoms with Crippen LogP contribution in [0.2, 0.25) is 0 Å². The minimum atomic E-state index is -3.18. The third-order valence-corrected chi connectivity index (χ3v) is 5.60. The number of rotatable bonds is 1. The number of hydrogen-bond acceptors (Lipinski definition) is 10. The fourth-order valence-corrected chi connectivity index (χ4v) is 4.46. The summed E-state index contributed by atoms with van der Waals surface area (Å²) >= 11 is 0. The fraction of sp³-hybridized carbons (Fsp3) is 0.700. The molecule has 4 aliphatic heterocycles. The Morgan fingerprint density at radius 2 is 2.36 bits per heavy atom. The molecular weight excluding hydrogens is 312 g/mol. The van der Waals surface area contributed by atoms with Gasteiger partial charge in [0.15, 0.2) is 0 Å². The van der Waals surface area contributed by atoms with E-state index in [2.05, 4.69) is 15.6 Å². The van der Waals surface area contributed by atoms with Crippen molar-refractivity contribution in [3.8, 4) is 0 Å². The van der Waals surface area contributed by atoms with Gasteiger partial charge >= 0.3 is 127 Å². The number of nitrogens with two attached hydrogens (primary N) is 1. The van der Waals surface area contributed by atoms with E-state index in [1.807, 2.05) is 0 Å². The van der Waals surface area contributed by atoms with Crippen molar-refractivity contribution in [2.45, 2.75) is 30.7 Å². The SMILES string of the molecule is B[PH]1(O)OCC2OC(N3CNC4=C3N=CNC4N)C(O)[C@@H]2O1. The molecule has 0 aromatic rings. The van der Waals surface area contributed by atoms with Gasteiger partial charge in [-0.15, -0.1) is 0 Å². The van der Waals surface area contributed by atoms with Gasteiger partial charge in [0, 0.05) is 0 Å². The molecule has 4 heterocycles. The number of fused-ring (bicyclic) bond motifs is 1. The van der Waals surface area contributed by atoms with E-state index in [4.69, 9.17) is 19.5 Å². The molecule has 4 rings (SSSR count). The van der Waals surface area contributed by atoms with Crippen molar-refractivity contribution in [1.82, 2.24) is 15.5 Å². The third kappa shape index (κ3) is 2.21. The van der Waals surface area contributed by atoms with Crippen LogP contribution in [0.1, 0.15) is 0 Å². The molecule has 0 amide bonds. The van der Waals surface area contributed by atoms with Crippen molar-refractivity contribution in [2.75, 3.05) is 13.3 Å². The van der Waals surface area contributed by atoms with E-state index in [1.54, 1.807) is 4.90 Å². The van der Waals surface area contributed by atoms with E-state index in [0.29, 0.717) is 12.5 Å². The molecule has 4 aliphatic rings. The number of aliphatic imine (C=N–C) groups is 1. The Hall–Kier alpha value is -0.935. The number of hydrogen-bond donors (Lipinski definition) is 5. The van der Waals surface area contributed by atoms with Crippen LogP contribution in [-0.4, -0.2) is 72.8 Å². The molecule has 22 heavy (non-hydrogen) atoms. The second-order valence-corrected chi connectivity index (χ2v) is 8.11. The molecule has 5 atom stereocenters. The molecule has 0 aliphatic carbocycles. The Balaban J connectivity index is 1.56. The quantitative estimate of drug-likeness (QED) is 0.245. The van der Waals surface area contributed by atoms with E-state index in [1.165, 1.54) is 13.9 Å². The van der Waals surface area contributed by atoms with Crippen molar-refractivity contribution in [1.29, 1.82) is 0 Å². The molecule has 2 saturated heterocycles. The first kappa shape index (κ1) is 14.6. The molecule has 0 radical (unpaired) electrons. The molecule has 0 bridgehead atoms. The zero-order valence-electron chi connectivity index (χ0n) is 12.0. The minimum absolute atomic E-state index is 0.203. The zero-order valence-corrected chi connectivity index (χ0v) is 13.0. The van der Waals surface area contributed by atoms with Gasteiger partial charge in [0.1, 0.15) is 0 Å². The maximum absolute atomic E-state index is 10.5. The first-order chi connectivity index (χ1) is 10.5. The van der Waals surface area contributed by atoms with Gasteiger partial charge in [0.05, 0.1) is 0 Å². The van der Waals surface area contributed by atoms with Gasteiger partial charge in [0.25, 0.3) is 0 Å². The van der Waals surface area contributed by atoms with Crippen LogP contribution in [0.25, 0.3) is 0 Å². The summed E-state index contributed by atoms with van der Waals surface area (Å²) in [6.07, 6.45) is -1.42. The van der Waals surface area contributed by atoms with Gasteiger partial charge in [-0.05, 0) is 0 Å². The molecule has 0 spiro atoms. The Morgan fingerprint density at radius 3 is 3.18 bits per heavy atom. The van der Waals surface area contributed by atoms with Crippen molar-refractivity contribution >= 4 is 21.7 Å². The van der Waals surface area contributed by atoms with Gasteiger partial charge in [-0.1, -0.05) is 0 Å². The van der Waals surface area contributed by atoms with Gasteiger partial charge in [-0.2, -0.15) is 0 Å². The predicted molar refractivity (Wildman–Crippen MR) is 81.0 cm³/mol. The third-order valence-electron chi connectivity index (χ3n) is 4.19. The number of nitrogens with zero attached hydrogens (tertiary/aromatic N) is 2. The molecule has 4 unspecified atom stereocenters. The summed E-state index contributed by atoms with van der Waals surface area (Å²) in [5.41, 5.74) is 6.70. The predicted octanol–water partition coefficient (Wildman–Crippen LogP) is -3.53. The summed E-state index contributed by atoms with van der Waals surface area (Å²) in [5, 5.41) is 16.6. The van der Waals surface area contributed by atoms with E-state index in [0.717, 1.165) is 5.70 Å². The Kier molecular flexibility index (Phi) is 3.35. The second kappa shape index (κ2) is 5.03. The van der Waals surface area contributed by atoms with E-state index in [9.17, 15) is 10.00 Å². The summed E-state index contributed by atoms with van der Waals surface area (Å²) in [7, 11) is -1.65. The average molecular weight is 331 g/mol. The van der Waals surface area contributed by atoms with Crippen LogP contribution in [0.5, 0.6) is 0 Å². The molecule has 6 N–H and O–H groups in total. The van der Waals surface area contributed by atoms with E-state index >= 15 is 0 Å². The Bertz CT molecular complexity index is 548. The van der Waals surface area contributed by atoms with Crippen LogP contribution in [0.3, 0.4) is 0 Å². The number of nitrogens with one attached hydrogen (secondary N) is 2. The van der Waals surface area contributed by atoms with Gasteiger partial charge < -0.3 is 0 Å².